The zero-order valence-electron chi connectivity index (χ0n) is 17.4. The van der Waals surface area contributed by atoms with Crippen LogP contribution in [0.4, 0.5) is 0 Å². The molecule has 0 saturated heterocycles. The van der Waals surface area contributed by atoms with E-state index in [1.807, 2.05) is 42.2 Å². The van der Waals surface area contributed by atoms with Gasteiger partial charge >= 0.3 is 0 Å². The van der Waals surface area contributed by atoms with E-state index in [1.54, 1.807) is 13.2 Å². The Morgan fingerprint density at radius 1 is 1.24 bits per heavy atom. The highest BCUT2D eigenvalue weighted by molar-refractivity contribution is 5.92. The lowest BCUT2D eigenvalue weighted by molar-refractivity contribution is -0.127. The van der Waals surface area contributed by atoms with Crippen LogP contribution in [0.3, 0.4) is 0 Å². The van der Waals surface area contributed by atoms with Crippen LogP contribution in [0.2, 0.25) is 0 Å². The van der Waals surface area contributed by atoms with Gasteiger partial charge in [0.15, 0.2) is 11.5 Å². The van der Waals surface area contributed by atoms with E-state index in [1.165, 1.54) is 6.42 Å². The van der Waals surface area contributed by atoms with Gasteiger partial charge in [-0.2, -0.15) is 0 Å². The van der Waals surface area contributed by atoms with Crippen molar-refractivity contribution in [3.05, 3.63) is 53.5 Å². The summed E-state index contributed by atoms with van der Waals surface area (Å²) in [5.41, 5.74) is 0.900. The zero-order chi connectivity index (χ0) is 20.4. The lowest BCUT2D eigenvalue weighted by Gasteiger charge is -2.19. The number of nitrogens with zero attached hydrogens (tertiary/aromatic N) is 1. The normalized spacial score (nSPS) is 20.7. The van der Waals surface area contributed by atoms with Crippen LogP contribution in [0.5, 0.6) is 11.5 Å². The van der Waals surface area contributed by atoms with Crippen LogP contribution < -0.4 is 9.47 Å². The maximum absolute atomic E-state index is 12.9. The minimum Gasteiger partial charge on any atom is -0.493 e. The van der Waals surface area contributed by atoms with E-state index in [-0.39, 0.29) is 5.91 Å². The topological polar surface area (TPSA) is 51.9 Å². The smallest absolute Gasteiger partial charge is 0.247 e. The molecule has 2 unspecified atom stereocenters. The van der Waals surface area contributed by atoms with Crippen LogP contribution in [0.1, 0.15) is 56.1 Å². The van der Waals surface area contributed by atoms with Crippen molar-refractivity contribution in [3.8, 4) is 11.5 Å². The van der Waals surface area contributed by atoms with Gasteiger partial charge in [-0.25, -0.2) is 0 Å². The molecule has 2 aliphatic rings. The fourth-order valence-corrected chi connectivity index (χ4v) is 3.66. The molecule has 2 fully saturated rings. The first kappa shape index (κ1) is 19.6. The van der Waals surface area contributed by atoms with Gasteiger partial charge in [-0.3, -0.25) is 4.79 Å². The highest BCUT2D eigenvalue weighted by atomic mass is 16.5. The molecule has 0 bridgehead atoms. The zero-order valence-corrected chi connectivity index (χ0v) is 17.4. The molecule has 1 aromatic carbocycles. The minimum atomic E-state index is 0.0121. The number of methoxy groups -OCH3 is 1. The van der Waals surface area contributed by atoms with Crippen molar-refractivity contribution in [2.45, 2.75) is 51.6 Å². The fourth-order valence-electron chi connectivity index (χ4n) is 3.66. The number of furan rings is 1. The highest BCUT2D eigenvalue weighted by Gasteiger charge is 2.37. The Hall–Kier alpha value is -2.69. The van der Waals surface area contributed by atoms with Crippen molar-refractivity contribution in [1.29, 1.82) is 0 Å². The number of amides is 1. The average molecular weight is 395 g/mol. The summed E-state index contributed by atoms with van der Waals surface area (Å²) < 4.78 is 17.0. The summed E-state index contributed by atoms with van der Waals surface area (Å²) in [5, 5.41) is 0. The van der Waals surface area contributed by atoms with Crippen LogP contribution >= 0.6 is 0 Å². The van der Waals surface area contributed by atoms with Gasteiger partial charge in [0.2, 0.25) is 5.91 Å². The second-order valence-corrected chi connectivity index (χ2v) is 8.00. The van der Waals surface area contributed by atoms with Crippen molar-refractivity contribution in [3.63, 3.8) is 0 Å². The van der Waals surface area contributed by atoms with E-state index in [9.17, 15) is 4.79 Å². The van der Waals surface area contributed by atoms with Crippen molar-refractivity contribution >= 4 is 12.0 Å². The van der Waals surface area contributed by atoms with Crippen LogP contribution in [0.15, 0.2) is 40.8 Å². The van der Waals surface area contributed by atoms with Crippen molar-refractivity contribution < 1.29 is 18.7 Å². The van der Waals surface area contributed by atoms with Crippen molar-refractivity contribution in [2.24, 2.45) is 5.92 Å². The van der Waals surface area contributed by atoms with Gasteiger partial charge in [-0.15, -0.1) is 0 Å². The molecule has 1 aromatic heterocycles. The van der Waals surface area contributed by atoms with Gasteiger partial charge in [-0.05, 0) is 68.0 Å². The first-order valence-electron chi connectivity index (χ1n) is 10.5. The van der Waals surface area contributed by atoms with E-state index < -0.39 is 0 Å². The molecule has 5 heteroatoms. The Balaban J connectivity index is 1.43. The third-order valence-electron chi connectivity index (χ3n) is 5.66. The average Bonchev–Trinajstić information content (AvgIpc) is 3.65. The number of rotatable bonds is 9. The molecule has 2 aromatic rings. The number of carbonyl (C=O) groups excluding carboxylic acids is 1. The predicted molar refractivity (Wildman–Crippen MR) is 112 cm³/mol. The van der Waals surface area contributed by atoms with E-state index >= 15 is 0 Å². The molecular formula is C24H29NO4. The van der Waals surface area contributed by atoms with Gasteiger partial charge in [0.05, 0.1) is 20.3 Å². The summed E-state index contributed by atoms with van der Waals surface area (Å²) in [7, 11) is 1.62. The Kier molecular flexibility index (Phi) is 5.65. The molecule has 4 rings (SSSR count). The molecule has 0 radical (unpaired) electrons. The molecule has 0 spiro atoms. The summed E-state index contributed by atoms with van der Waals surface area (Å²) >= 11 is 0. The van der Waals surface area contributed by atoms with Crippen LogP contribution in [-0.4, -0.2) is 30.6 Å². The summed E-state index contributed by atoms with van der Waals surface area (Å²) in [5.74, 6) is 4.59. The van der Waals surface area contributed by atoms with E-state index in [2.05, 4.69) is 13.0 Å². The summed E-state index contributed by atoms with van der Waals surface area (Å²) in [6.45, 7) is 5.29. The molecule has 2 aliphatic carbocycles. The summed E-state index contributed by atoms with van der Waals surface area (Å²) in [6, 6.07) is 10.1. The SMILES string of the molecule is CCOc1ccc(/C=C/C(=O)N(Cc2ccc(C3CC3C)o2)C2CC2)cc1OC. The molecular weight excluding hydrogens is 366 g/mol. The number of hydrogen-bond acceptors (Lipinski definition) is 4. The largest absolute Gasteiger partial charge is 0.493 e. The van der Waals surface area contributed by atoms with Crippen molar-refractivity contribution in [2.75, 3.05) is 13.7 Å². The third-order valence-corrected chi connectivity index (χ3v) is 5.66. The van der Waals surface area contributed by atoms with E-state index in [0.29, 0.717) is 42.5 Å². The Labute approximate surface area is 172 Å². The van der Waals surface area contributed by atoms with Crippen LogP contribution in [0.25, 0.3) is 6.08 Å². The van der Waals surface area contributed by atoms with Crippen molar-refractivity contribution in [1.82, 2.24) is 4.90 Å². The van der Waals surface area contributed by atoms with Crippen LogP contribution in [0, 0.1) is 5.92 Å². The second kappa shape index (κ2) is 8.36. The number of carbonyl (C=O) groups is 1. The molecule has 1 heterocycles. The number of hydrogen-bond donors (Lipinski definition) is 0. The van der Waals surface area contributed by atoms with Gasteiger partial charge in [-0.1, -0.05) is 13.0 Å². The molecule has 0 N–H and O–H groups in total. The molecule has 154 valence electrons. The first-order valence-corrected chi connectivity index (χ1v) is 10.5. The molecule has 0 aliphatic heterocycles. The van der Waals surface area contributed by atoms with E-state index in [0.717, 1.165) is 29.9 Å². The molecule has 2 saturated carbocycles. The third kappa shape index (κ3) is 4.66. The van der Waals surface area contributed by atoms with Gasteiger partial charge in [0.1, 0.15) is 11.5 Å². The maximum atomic E-state index is 12.9. The second-order valence-electron chi connectivity index (χ2n) is 8.00. The minimum absolute atomic E-state index is 0.0121. The fraction of sp³-hybridized carbons (Fsp3) is 0.458. The Morgan fingerprint density at radius 2 is 2.03 bits per heavy atom. The quantitative estimate of drug-likeness (QED) is 0.560. The predicted octanol–water partition coefficient (Wildman–Crippen LogP) is 5.01. The first-order chi connectivity index (χ1) is 14.1. The Morgan fingerprint density at radius 3 is 2.69 bits per heavy atom. The lowest BCUT2D eigenvalue weighted by Crippen LogP contribution is -2.30. The monoisotopic (exact) mass is 395 g/mol. The highest BCUT2D eigenvalue weighted by Crippen LogP contribution is 2.47. The molecule has 5 nitrogen and oxygen atoms in total. The molecule has 2 atom stereocenters. The summed E-state index contributed by atoms with van der Waals surface area (Å²) in [4.78, 5) is 14.8. The van der Waals surface area contributed by atoms with Gasteiger partial charge < -0.3 is 18.8 Å². The van der Waals surface area contributed by atoms with Crippen LogP contribution in [-0.2, 0) is 11.3 Å². The lowest BCUT2D eigenvalue weighted by atomic mass is 10.2. The summed E-state index contributed by atoms with van der Waals surface area (Å²) in [6.07, 6.45) is 6.79. The van der Waals surface area contributed by atoms with Gasteiger partial charge in [0.25, 0.3) is 0 Å². The standard InChI is InChI=1S/C24H29NO4/c1-4-28-22-10-5-17(14-23(22)27-3)6-12-24(26)25(18-7-8-18)15-19-9-11-21(29-19)20-13-16(20)2/h5-6,9-12,14,16,18,20H,4,7-8,13,15H2,1-3H3/b12-6+. The molecule has 29 heavy (non-hydrogen) atoms. The molecule has 1 amide bonds. The van der Waals surface area contributed by atoms with E-state index in [4.69, 9.17) is 13.9 Å². The Bertz CT molecular complexity index is 896. The van der Waals surface area contributed by atoms with Gasteiger partial charge in [0, 0.05) is 18.0 Å². The number of ether oxygens (including phenoxy) is 2. The maximum Gasteiger partial charge on any atom is 0.247 e. The number of benzene rings is 1.